The molecule has 0 aliphatic rings. The lowest BCUT2D eigenvalue weighted by atomic mass is 10.1. The number of benzene rings is 1. The Bertz CT molecular complexity index is 284. The number of ether oxygens (including phenoxy) is 1. The average molecular weight is 195 g/mol. The molecule has 0 saturated heterocycles. The van der Waals surface area contributed by atoms with Crippen LogP contribution in [0.1, 0.15) is 25.5 Å². The summed E-state index contributed by atoms with van der Waals surface area (Å²) < 4.78 is 5.43. The van der Waals surface area contributed by atoms with E-state index >= 15 is 0 Å². The second-order valence-corrected chi connectivity index (χ2v) is 3.49. The van der Waals surface area contributed by atoms with Crippen molar-refractivity contribution in [2.75, 3.05) is 6.61 Å². The fourth-order valence-electron chi connectivity index (χ4n) is 1.20. The SMILES string of the molecule is CC(O)COc1ccccc1C(C)N. The first-order chi connectivity index (χ1) is 6.61. The highest BCUT2D eigenvalue weighted by Gasteiger charge is 2.07. The number of aliphatic hydroxyl groups excluding tert-OH is 1. The lowest BCUT2D eigenvalue weighted by molar-refractivity contribution is 0.122. The molecule has 78 valence electrons. The molecule has 3 N–H and O–H groups in total. The van der Waals surface area contributed by atoms with Gasteiger partial charge in [-0.05, 0) is 19.9 Å². The molecular weight excluding hydrogens is 178 g/mol. The van der Waals surface area contributed by atoms with Gasteiger partial charge in [0.25, 0.3) is 0 Å². The summed E-state index contributed by atoms with van der Waals surface area (Å²) in [6.45, 7) is 3.89. The summed E-state index contributed by atoms with van der Waals surface area (Å²) in [6, 6.07) is 7.56. The van der Waals surface area contributed by atoms with E-state index in [2.05, 4.69) is 0 Å². The Labute approximate surface area is 84.5 Å². The fraction of sp³-hybridized carbons (Fsp3) is 0.455. The third-order valence-electron chi connectivity index (χ3n) is 1.89. The highest BCUT2D eigenvalue weighted by atomic mass is 16.5. The first-order valence-electron chi connectivity index (χ1n) is 4.76. The summed E-state index contributed by atoms with van der Waals surface area (Å²) in [6.07, 6.45) is -0.462. The number of hydrogen-bond donors (Lipinski definition) is 2. The van der Waals surface area contributed by atoms with Crippen LogP contribution in [0.3, 0.4) is 0 Å². The minimum absolute atomic E-state index is 0.0554. The molecule has 1 aromatic carbocycles. The summed E-state index contributed by atoms with van der Waals surface area (Å²) in [5.74, 6) is 0.753. The first-order valence-corrected chi connectivity index (χ1v) is 4.76. The molecule has 1 aromatic rings. The minimum atomic E-state index is -0.462. The first kappa shape index (κ1) is 11.0. The summed E-state index contributed by atoms with van der Waals surface area (Å²) in [4.78, 5) is 0. The maximum absolute atomic E-state index is 9.09. The number of para-hydroxylation sites is 1. The summed E-state index contributed by atoms with van der Waals surface area (Å²) in [5, 5.41) is 9.09. The van der Waals surface area contributed by atoms with Crippen LogP contribution in [-0.4, -0.2) is 17.8 Å². The highest BCUT2D eigenvalue weighted by molar-refractivity contribution is 5.35. The van der Waals surface area contributed by atoms with Crippen molar-refractivity contribution in [3.8, 4) is 5.75 Å². The van der Waals surface area contributed by atoms with E-state index in [-0.39, 0.29) is 6.04 Å². The zero-order valence-corrected chi connectivity index (χ0v) is 8.60. The molecule has 0 aromatic heterocycles. The predicted octanol–water partition coefficient (Wildman–Crippen LogP) is 1.47. The van der Waals surface area contributed by atoms with Crippen molar-refractivity contribution in [1.29, 1.82) is 0 Å². The molecule has 0 aliphatic carbocycles. The van der Waals surface area contributed by atoms with Gasteiger partial charge in [0.15, 0.2) is 0 Å². The van der Waals surface area contributed by atoms with Crippen molar-refractivity contribution < 1.29 is 9.84 Å². The monoisotopic (exact) mass is 195 g/mol. The second-order valence-electron chi connectivity index (χ2n) is 3.49. The van der Waals surface area contributed by atoms with Crippen LogP contribution in [0.4, 0.5) is 0 Å². The lowest BCUT2D eigenvalue weighted by Crippen LogP contribution is -2.15. The normalized spacial score (nSPS) is 14.9. The Balaban J connectivity index is 2.74. The zero-order valence-electron chi connectivity index (χ0n) is 8.60. The van der Waals surface area contributed by atoms with E-state index < -0.39 is 6.10 Å². The second kappa shape index (κ2) is 4.98. The summed E-state index contributed by atoms with van der Waals surface area (Å²) in [7, 11) is 0. The van der Waals surface area contributed by atoms with Crippen LogP contribution in [0.2, 0.25) is 0 Å². The number of rotatable bonds is 4. The van der Waals surface area contributed by atoms with Gasteiger partial charge in [0.1, 0.15) is 12.4 Å². The molecule has 0 bridgehead atoms. The lowest BCUT2D eigenvalue weighted by Gasteiger charge is -2.14. The molecule has 0 radical (unpaired) electrons. The minimum Gasteiger partial charge on any atom is -0.491 e. The maximum Gasteiger partial charge on any atom is 0.124 e. The molecule has 3 nitrogen and oxygen atoms in total. The van der Waals surface area contributed by atoms with E-state index in [1.165, 1.54) is 0 Å². The van der Waals surface area contributed by atoms with E-state index in [0.29, 0.717) is 6.61 Å². The van der Waals surface area contributed by atoms with E-state index in [1.54, 1.807) is 6.92 Å². The van der Waals surface area contributed by atoms with Crippen LogP contribution in [0.25, 0.3) is 0 Å². The van der Waals surface area contributed by atoms with Gasteiger partial charge in [0.2, 0.25) is 0 Å². The van der Waals surface area contributed by atoms with Crippen molar-refractivity contribution in [2.24, 2.45) is 5.73 Å². The van der Waals surface area contributed by atoms with Gasteiger partial charge in [0.05, 0.1) is 6.10 Å². The van der Waals surface area contributed by atoms with E-state index in [1.807, 2.05) is 31.2 Å². The van der Waals surface area contributed by atoms with Crippen LogP contribution in [-0.2, 0) is 0 Å². The molecule has 0 fully saturated rings. The zero-order chi connectivity index (χ0) is 10.6. The van der Waals surface area contributed by atoms with Crippen LogP contribution >= 0.6 is 0 Å². The highest BCUT2D eigenvalue weighted by Crippen LogP contribution is 2.23. The van der Waals surface area contributed by atoms with E-state index in [0.717, 1.165) is 11.3 Å². The molecule has 0 amide bonds. The van der Waals surface area contributed by atoms with Crippen molar-refractivity contribution >= 4 is 0 Å². The Morgan fingerprint density at radius 3 is 2.57 bits per heavy atom. The van der Waals surface area contributed by atoms with E-state index in [9.17, 15) is 0 Å². The van der Waals surface area contributed by atoms with Crippen molar-refractivity contribution in [3.63, 3.8) is 0 Å². The Hall–Kier alpha value is -1.06. The van der Waals surface area contributed by atoms with Crippen molar-refractivity contribution in [1.82, 2.24) is 0 Å². The van der Waals surface area contributed by atoms with Gasteiger partial charge >= 0.3 is 0 Å². The molecular formula is C11H17NO2. The van der Waals surface area contributed by atoms with Gasteiger partial charge < -0.3 is 15.6 Å². The third-order valence-corrected chi connectivity index (χ3v) is 1.89. The molecule has 2 unspecified atom stereocenters. The van der Waals surface area contributed by atoms with Crippen LogP contribution < -0.4 is 10.5 Å². The Morgan fingerprint density at radius 1 is 1.36 bits per heavy atom. The van der Waals surface area contributed by atoms with Gasteiger partial charge in [0, 0.05) is 11.6 Å². The fourth-order valence-corrected chi connectivity index (χ4v) is 1.20. The largest absolute Gasteiger partial charge is 0.491 e. The quantitative estimate of drug-likeness (QED) is 0.764. The molecule has 1 rings (SSSR count). The number of hydrogen-bond acceptors (Lipinski definition) is 3. The number of nitrogens with two attached hydrogens (primary N) is 1. The average Bonchev–Trinajstić information content (AvgIpc) is 2.15. The van der Waals surface area contributed by atoms with Gasteiger partial charge in [-0.2, -0.15) is 0 Å². The summed E-state index contributed by atoms with van der Waals surface area (Å²) >= 11 is 0. The van der Waals surface area contributed by atoms with Gasteiger partial charge in [-0.1, -0.05) is 18.2 Å². The van der Waals surface area contributed by atoms with Gasteiger partial charge in [-0.25, -0.2) is 0 Å². The molecule has 3 heteroatoms. The van der Waals surface area contributed by atoms with Crippen LogP contribution in [0, 0.1) is 0 Å². The molecule has 0 heterocycles. The standard InChI is InChI=1S/C11H17NO2/c1-8(13)7-14-11-6-4-3-5-10(11)9(2)12/h3-6,8-9,13H,7,12H2,1-2H3. The maximum atomic E-state index is 9.09. The van der Waals surface area contributed by atoms with E-state index in [4.69, 9.17) is 15.6 Å². The van der Waals surface area contributed by atoms with Crippen molar-refractivity contribution in [2.45, 2.75) is 26.0 Å². The smallest absolute Gasteiger partial charge is 0.124 e. The van der Waals surface area contributed by atoms with Crippen LogP contribution in [0.15, 0.2) is 24.3 Å². The van der Waals surface area contributed by atoms with Crippen LogP contribution in [0.5, 0.6) is 5.75 Å². The molecule has 0 aliphatic heterocycles. The molecule has 14 heavy (non-hydrogen) atoms. The predicted molar refractivity (Wildman–Crippen MR) is 56.2 cm³/mol. The third kappa shape index (κ3) is 3.01. The van der Waals surface area contributed by atoms with Gasteiger partial charge in [-0.3, -0.25) is 0 Å². The molecule has 0 spiro atoms. The van der Waals surface area contributed by atoms with Gasteiger partial charge in [-0.15, -0.1) is 0 Å². The topological polar surface area (TPSA) is 55.5 Å². The summed E-state index contributed by atoms with van der Waals surface area (Å²) in [5.41, 5.74) is 6.74. The van der Waals surface area contributed by atoms with Crippen molar-refractivity contribution in [3.05, 3.63) is 29.8 Å². The number of aliphatic hydroxyl groups is 1. The molecule has 2 atom stereocenters. The Morgan fingerprint density at radius 2 is 2.00 bits per heavy atom. The Kier molecular flexibility index (Phi) is 3.92. The molecule has 0 saturated carbocycles.